The van der Waals surface area contributed by atoms with E-state index in [1.165, 1.54) is 0 Å². The molecule has 15 heavy (non-hydrogen) atoms. The average molecular weight is 220 g/mol. The number of nitrogens with zero attached hydrogens (tertiary/aromatic N) is 2. The number of carbonyl (C=O) groups is 1. The second kappa shape index (κ2) is 3.78. The lowest BCUT2D eigenvalue weighted by atomic mass is 10.1. The van der Waals surface area contributed by atoms with Crippen LogP contribution >= 0.6 is 11.5 Å². The highest BCUT2D eigenvalue weighted by Crippen LogP contribution is 2.21. The molecule has 5 heteroatoms. The van der Waals surface area contributed by atoms with Gasteiger partial charge in [-0.2, -0.15) is 4.37 Å². The van der Waals surface area contributed by atoms with Gasteiger partial charge < -0.3 is 5.11 Å². The third-order valence-electron chi connectivity index (χ3n) is 1.99. The van der Waals surface area contributed by atoms with Crippen molar-refractivity contribution in [3.63, 3.8) is 0 Å². The zero-order valence-corrected chi connectivity index (χ0v) is 8.78. The highest BCUT2D eigenvalue weighted by atomic mass is 32.1. The molecule has 2 aromatic rings. The summed E-state index contributed by atoms with van der Waals surface area (Å²) in [5.41, 5.74) is 1.91. The number of carboxylic acids is 1. The normalized spacial score (nSPS) is 10.2. The van der Waals surface area contributed by atoms with Crippen LogP contribution in [0.5, 0.6) is 0 Å². The van der Waals surface area contributed by atoms with E-state index >= 15 is 0 Å². The van der Waals surface area contributed by atoms with Crippen molar-refractivity contribution in [2.75, 3.05) is 0 Å². The highest BCUT2D eigenvalue weighted by Gasteiger charge is 2.12. The molecule has 0 bridgehead atoms. The zero-order valence-electron chi connectivity index (χ0n) is 7.97. The predicted molar refractivity (Wildman–Crippen MR) is 57.0 cm³/mol. The van der Waals surface area contributed by atoms with Crippen molar-refractivity contribution in [3.05, 3.63) is 34.8 Å². The van der Waals surface area contributed by atoms with Crippen LogP contribution in [-0.4, -0.2) is 20.4 Å². The Labute approximate surface area is 90.4 Å². The molecule has 0 aliphatic carbocycles. The van der Waals surface area contributed by atoms with Gasteiger partial charge in [0.2, 0.25) is 5.01 Å². The first-order valence-electron chi connectivity index (χ1n) is 4.31. The van der Waals surface area contributed by atoms with E-state index in [4.69, 9.17) is 5.11 Å². The number of hydrogen-bond donors (Lipinski definition) is 1. The Hall–Kier alpha value is -1.75. The fourth-order valence-corrected chi connectivity index (χ4v) is 1.76. The lowest BCUT2D eigenvalue weighted by Gasteiger charge is -1.98. The van der Waals surface area contributed by atoms with Gasteiger partial charge in [-0.25, -0.2) is 9.78 Å². The fraction of sp³-hybridized carbons (Fsp3) is 0.100. The maximum Gasteiger partial charge on any atom is 0.366 e. The van der Waals surface area contributed by atoms with Gasteiger partial charge >= 0.3 is 5.97 Å². The molecule has 0 aliphatic heterocycles. The Balaban J connectivity index is 2.46. The fourth-order valence-electron chi connectivity index (χ4n) is 1.24. The molecule has 2 rings (SSSR count). The summed E-state index contributed by atoms with van der Waals surface area (Å²) in [6, 6.07) is 7.62. The van der Waals surface area contributed by atoms with E-state index < -0.39 is 5.97 Å². The molecule has 0 saturated carbocycles. The summed E-state index contributed by atoms with van der Waals surface area (Å²) in [4.78, 5) is 14.6. The molecule has 0 saturated heterocycles. The van der Waals surface area contributed by atoms with Crippen molar-refractivity contribution in [3.8, 4) is 11.4 Å². The van der Waals surface area contributed by atoms with E-state index in [2.05, 4.69) is 9.36 Å². The third kappa shape index (κ3) is 1.87. The summed E-state index contributed by atoms with van der Waals surface area (Å²) in [5.74, 6) is -0.553. The molecule has 4 nitrogen and oxygen atoms in total. The minimum atomic E-state index is -1.03. The first-order valence-corrected chi connectivity index (χ1v) is 5.09. The summed E-state index contributed by atoms with van der Waals surface area (Å²) < 4.78 is 4.02. The molecule has 1 N–H and O–H groups in total. The molecule has 0 atom stereocenters. The van der Waals surface area contributed by atoms with Crippen molar-refractivity contribution in [2.45, 2.75) is 6.92 Å². The SMILES string of the molecule is Cc1ccccc1-c1nsc(C(=O)O)n1. The van der Waals surface area contributed by atoms with Crippen molar-refractivity contribution in [1.82, 2.24) is 9.36 Å². The van der Waals surface area contributed by atoms with E-state index in [1.54, 1.807) is 0 Å². The monoisotopic (exact) mass is 220 g/mol. The number of carboxylic acid groups (broad SMARTS) is 1. The van der Waals surface area contributed by atoms with E-state index in [-0.39, 0.29) is 5.01 Å². The molecule has 0 unspecified atom stereocenters. The van der Waals surface area contributed by atoms with Gasteiger partial charge in [-0.05, 0) is 24.0 Å². The number of benzene rings is 1. The summed E-state index contributed by atoms with van der Waals surface area (Å²) in [7, 11) is 0. The Morgan fingerprint density at radius 1 is 1.40 bits per heavy atom. The summed E-state index contributed by atoms with van der Waals surface area (Å²) in [5, 5.41) is 8.74. The second-order valence-electron chi connectivity index (χ2n) is 3.04. The van der Waals surface area contributed by atoms with Gasteiger partial charge in [0.1, 0.15) is 0 Å². The molecular weight excluding hydrogens is 212 g/mol. The number of rotatable bonds is 2. The maximum absolute atomic E-state index is 10.6. The van der Waals surface area contributed by atoms with Crippen LogP contribution in [0.25, 0.3) is 11.4 Å². The molecule has 1 aromatic heterocycles. The molecule has 0 aliphatic rings. The lowest BCUT2D eigenvalue weighted by molar-refractivity contribution is 0.0696. The standard InChI is InChI=1S/C10H8N2O2S/c1-6-4-2-3-5-7(6)8-11-9(10(13)14)15-12-8/h2-5H,1H3,(H,13,14). The zero-order chi connectivity index (χ0) is 10.8. The molecule has 0 amide bonds. The number of aryl methyl sites for hydroxylation is 1. The molecule has 0 radical (unpaired) electrons. The van der Waals surface area contributed by atoms with Crippen molar-refractivity contribution < 1.29 is 9.90 Å². The third-order valence-corrected chi connectivity index (χ3v) is 2.70. The molecule has 0 fully saturated rings. The van der Waals surface area contributed by atoms with E-state index in [1.807, 2.05) is 31.2 Å². The van der Waals surface area contributed by atoms with Gasteiger partial charge in [0.25, 0.3) is 0 Å². The largest absolute Gasteiger partial charge is 0.476 e. The van der Waals surface area contributed by atoms with Crippen LogP contribution in [0.4, 0.5) is 0 Å². The van der Waals surface area contributed by atoms with Crippen LogP contribution in [0.15, 0.2) is 24.3 Å². The Bertz CT molecular complexity index is 508. The molecule has 0 spiro atoms. The van der Waals surface area contributed by atoms with E-state index in [0.717, 1.165) is 22.7 Å². The van der Waals surface area contributed by atoms with Gasteiger partial charge in [0, 0.05) is 5.56 Å². The van der Waals surface area contributed by atoms with Crippen molar-refractivity contribution in [2.24, 2.45) is 0 Å². The minimum absolute atomic E-state index is 0.0215. The van der Waals surface area contributed by atoms with Crippen LogP contribution in [0.2, 0.25) is 0 Å². The molecular formula is C10H8N2O2S. The summed E-state index contributed by atoms with van der Waals surface area (Å²) >= 11 is 0.901. The molecule has 76 valence electrons. The molecule has 1 aromatic carbocycles. The smallest absolute Gasteiger partial charge is 0.366 e. The minimum Gasteiger partial charge on any atom is -0.476 e. The summed E-state index contributed by atoms with van der Waals surface area (Å²) in [6.45, 7) is 1.94. The van der Waals surface area contributed by atoms with Crippen LogP contribution in [-0.2, 0) is 0 Å². The second-order valence-corrected chi connectivity index (χ2v) is 3.80. The number of aromatic carboxylic acids is 1. The average Bonchev–Trinajstić information content (AvgIpc) is 2.67. The van der Waals surface area contributed by atoms with E-state index in [9.17, 15) is 4.79 Å². The first kappa shape index (κ1) is 9.79. The van der Waals surface area contributed by atoms with Gasteiger partial charge in [-0.1, -0.05) is 24.3 Å². The Morgan fingerprint density at radius 2 is 2.13 bits per heavy atom. The van der Waals surface area contributed by atoms with Gasteiger partial charge in [0.15, 0.2) is 5.82 Å². The van der Waals surface area contributed by atoms with Crippen LogP contribution < -0.4 is 0 Å². The quantitative estimate of drug-likeness (QED) is 0.842. The first-order chi connectivity index (χ1) is 7.18. The van der Waals surface area contributed by atoms with Crippen LogP contribution in [0.3, 0.4) is 0 Å². The maximum atomic E-state index is 10.6. The van der Waals surface area contributed by atoms with Crippen molar-refractivity contribution in [1.29, 1.82) is 0 Å². The van der Waals surface area contributed by atoms with Gasteiger partial charge in [-0.3, -0.25) is 0 Å². The van der Waals surface area contributed by atoms with Gasteiger partial charge in [0.05, 0.1) is 0 Å². The summed E-state index contributed by atoms with van der Waals surface area (Å²) in [6.07, 6.45) is 0. The highest BCUT2D eigenvalue weighted by molar-refractivity contribution is 7.07. The lowest BCUT2D eigenvalue weighted by Crippen LogP contribution is -1.94. The van der Waals surface area contributed by atoms with Crippen molar-refractivity contribution >= 4 is 17.5 Å². The van der Waals surface area contributed by atoms with E-state index in [0.29, 0.717) is 5.82 Å². The van der Waals surface area contributed by atoms with Gasteiger partial charge in [-0.15, -0.1) is 0 Å². The topological polar surface area (TPSA) is 63.1 Å². The number of hydrogen-bond acceptors (Lipinski definition) is 4. The Morgan fingerprint density at radius 3 is 2.73 bits per heavy atom. The molecule has 1 heterocycles. The van der Waals surface area contributed by atoms with Crippen LogP contribution in [0.1, 0.15) is 15.4 Å². The predicted octanol–water partition coefficient (Wildman–Crippen LogP) is 2.21. The van der Waals surface area contributed by atoms with Crippen LogP contribution in [0, 0.1) is 6.92 Å². The number of aromatic nitrogens is 2. The Kier molecular flexibility index (Phi) is 2.47.